The molecule has 0 spiro atoms. The average Bonchev–Trinajstić information content (AvgIpc) is 3.47. The summed E-state index contributed by atoms with van der Waals surface area (Å²) in [4.78, 5) is 30.5. The lowest BCUT2D eigenvalue weighted by Gasteiger charge is -2.22. The summed E-state index contributed by atoms with van der Waals surface area (Å²) in [6.07, 6.45) is 4.94. The van der Waals surface area contributed by atoms with Crippen molar-refractivity contribution in [2.75, 3.05) is 0 Å². The first kappa shape index (κ1) is 18.6. The van der Waals surface area contributed by atoms with Crippen LogP contribution in [0, 0.1) is 6.92 Å². The van der Waals surface area contributed by atoms with Gasteiger partial charge < -0.3 is 15.2 Å². The summed E-state index contributed by atoms with van der Waals surface area (Å²) in [6, 6.07) is 17.1. The molecular formula is C24H24N4O2. The second-order valence-corrected chi connectivity index (χ2v) is 8.21. The number of nitrogens with one attached hydrogen (secondary N) is 2. The fourth-order valence-corrected chi connectivity index (χ4v) is 4.19. The molecule has 1 aliphatic heterocycles. The number of aryl methyl sites for hydroxylation is 2. The molecule has 1 atom stereocenters. The summed E-state index contributed by atoms with van der Waals surface area (Å²) < 4.78 is 2.09. The summed E-state index contributed by atoms with van der Waals surface area (Å²) >= 11 is 0. The molecule has 152 valence electrons. The van der Waals surface area contributed by atoms with Crippen LogP contribution in [0.3, 0.4) is 0 Å². The summed E-state index contributed by atoms with van der Waals surface area (Å²) in [7, 11) is 0. The number of fused-ring (bicyclic) bond motifs is 3. The fraction of sp³-hybridized carbons (Fsp3) is 0.292. The van der Waals surface area contributed by atoms with Crippen molar-refractivity contribution in [2.24, 2.45) is 0 Å². The first-order valence-electron chi connectivity index (χ1n) is 10.4. The standard InChI is InChI=1S/C24H24N4O2/c1-16-15-28-20-10-6-5-7-17(20)11-12-19(21(28)25-16)26-23(30)24(13-14-24)27-22(29)18-8-3-2-4-9-18/h2-10,15,19H,11-14H2,1H3,(H,26,30)(H,27,29)/t19-/m1/s1. The number of amides is 2. The second kappa shape index (κ2) is 7.13. The van der Waals surface area contributed by atoms with Crippen LogP contribution >= 0.6 is 0 Å². The maximum atomic E-state index is 13.2. The van der Waals surface area contributed by atoms with Crippen LogP contribution < -0.4 is 10.6 Å². The number of aromatic nitrogens is 2. The molecule has 1 aliphatic carbocycles. The summed E-state index contributed by atoms with van der Waals surface area (Å²) in [6.45, 7) is 1.96. The van der Waals surface area contributed by atoms with Crippen molar-refractivity contribution in [2.45, 2.75) is 44.2 Å². The number of hydrogen-bond acceptors (Lipinski definition) is 3. The van der Waals surface area contributed by atoms with Gasteiger partial charge in [0.1, 0.15) is 11.4 Å². The maximum Gasteiger partial charge on any atom is 0.252 e. The van der Waals surface area contributed by atoms with E-state index in [1.165, 1.54) is 5.56 Å². The van der Waals surface area contributed by atoms with Gasteiger partial charge in [0.2, 0.25) is 5.91 Å². The number of rotatable bonds is 4. The Bertz CT molecular complexity index is 1120. The van der Waals surface area contributed by atoms with Gasteiger partial charge in [-0.3, -0.25) is 9.59 Å². The van der Waals surface area contributed by atoms with Crippen molar-refractivity contribution in [3.63, 3.8) is 0 Å². The third-order valence-corrected chi connectivity index (χ3v) is 6.00. The summed E-state index contributed by atoms with van der Waals surface area (Å²) in [5, 5.41) is 6.14. The first-order chi connectivity index (χ1) is 14.6. The number of imidazole rings is 1. The zero-order valence-corrected chi connectivity index (χ0v) is 16.9. The Hall–Kier alpha value is -3.41. The molecule has 1 aromatic heterocycles. The van der Waals surface area contributed by atoms with Gasteiger partial charge in [-0.2, -0.15) is 0 Å². The Kier molecular flexibility index (Phi) is 4.42. The molecule has 1 saturated carbocycles. The van der Waals surface area contributed by atoms with Crippen molar-refractivity contribution < 1.29 is 9.59 Å². The van der Waals surface area contributed by atoms with Gasteiger partial charge in [0.05, 0.1) is 11.7 Å². The quantitative estimate of drug-likeness (QED) is 0.706. The van der Waals surface area contributed by atoms with Crippen molar-refractivity contribution >= 4 is 11.8 Å². The lowest BCUT2D eigenvalue weighted by Crippen LogP contribution is -2.50. The predicted octanol–water partition coefficient (Wildman–Crippen LogP) is 3.25. The van der Waals surface area contributed by atoms with Gasteiger partial charge in [-0.05, 0) is 56.4 Å². The highest BCUT2D eigenvalue weighted by atomic mass is 16.2. The molecule has 2 N–H and O–H groups in total. The zero-order valence-electron chi connectivity index (χ0n) is 16.9. The highest BCUT2D eigenvalue weighted by Crippen LogP contribution is 2.37. The van der Waals surface area contributed by atoms with Gasteiger partial charge in [-0.25, -0.2) is 4.98 Å². The van der Waals surface area contributed by atoms with Crippen LogP contribution in [0.1, 0.15) is 52.7 Å². The molecule has 3 aromatic rings. The minimum absolute atomic E-state index is 0.130. The lowest BCUT2D eigenvalue weighted by molar-refractivity contribution is -0.124. The highest BCUT2D eigenvalue weighted by Gasteiger charge is 2.52. The van der Waals surface area contributed by atoms with Crippen molar-refractivity contribution in [3.05, 3.63) is 83.4 Å². The Morgan fingerprint density at radius 1 is 1.07 bits per heavy atom. The number of benzene rings is 2. The Morgan fingerprint density at radius 2 is 1.80 bits per heavy atom. The van der Waals surface area contributed by atoms with Gasteiger partial charge >= 0.3 is 0 Å². The molecule has 0 bridgehead atoms. The predicted molar refractivity (Wildman–Crippen MR) is 113 cm³/mol. The third-order valence-electron chi connectivity index (χ3n) is 6.00. The summed E-state index contributed by atoms with van der Waals surface area (Å²) in [5.41, 5.74) is 3.01. The second-order valence-electron chi connectivity index (χ2n) is 8.21. The van der Waals surface area contributed by atoms with Gasteiger partial charge in [-0.1, -0.05) is 36.4 Å². The smallest absolute Gasteiger partial charge is 0.252 e. The van der Waals surface area contributed by atoms with Crippen LogP contribution in [0.4, 0.5) is 0 Å². The maximum absolute atomic E-state index is 13.2. The van der Waals surface area contributed by atoms with E-state index in [9.17, 15) is 9.59 Å². The molecular weight excluding hydrogens is 376 g/mol. The molecule has 0 unspecified atom stereocenters. The molecule has 2 aliphatic rings. The number of para-hydroxylation sites is 1. The average molecular weight is 400 g/mol. The molecule has 0 radical (unpaired) electrons. The van der Waals surface area contributed by atoms with Crippen LogP contribution in [0.15, 0.2) is 60.8 Å². The molecule has 6 heteroatoms. The first-order valence-corrected chi connectivity index (χ1v) is 10.4. The Balaban J connectivity index is 1.37. The van der Waals surface area contributed by atoms with Crippen LogP contribution in [0.2, 0.25) is 0 Å². The van der Waals surface area contributed by atoms with E-state index in [0.29, 0.717) is 18.4 Å². The molecule has 0 saturated heterocycles. The van der Waals surface area contributed by atoms with Crippen LogP contribution in [0.25, 0.3) is 5.69 Å². The minimum Gasteiger partial charge on any atom is -0.344 e. The molecule has 2 heterocycles. The van der Waals surface area contributed by atoms with Crippen LogP contribution in [-0.2, 0) is 11.2 Å². The van der Waals surface area contributed by atoms with E-state index in [0.717, 1.165) is 30.0 Å². The monoisotopic (exact) mass is 400 g/mol. The Labute approximate surface area is 175 Å². The van der Waals surface area contributed by atoms with Gasteiger partial charge in [0.25, 0.3) is 5.91 Å². The molecule has 6 nitrogen and oxygen atoms in total. The third kappa shape index (κ3) is 3.28. The van der Waals surface area contributed by atoms with Crippen molar-refractivity contribution in [3.8, 4) is 5.69 Å². The molecule has 30 heavy (non-hydrogen) atoms. The van der Waals surface area contributed by atoms with Crippen molar-refractivity contribution in [1.82, 2.24) is 20.2 Å². The Morgan fingerprint density at radius 3 is 2.57 bits per heavy atom. The highest BCUT2D eigenvalue weighted by molar-refractivity contribution is 6.00. The van der Waals surface area contributed by atoms with Crippen LogP contribution in [0.5, 0.6) is 0 Å². The molecule has 1 fully saturated rings. The number of carbonyl (C=O) groups excluding carboxylic acids is 2. The van der Waals surface area contributed by atoms with E-state index in [4.69, 9.17) is 4.98 Å². The van der Waals surface area contributed by atoms with E-state index >= 15 is 0 Å². The molecule has 2 aromatic carbocycles. The van der Waals surface area contributed by atoms with Crippen LogP contribution in [-0.4, -0.2) is 26.9 Å². The van der Waals surface area contributed by atoms with Gasteiger partial charge in [-0.15, -0.1) is 0 Å². The fourth-order valence-electron chi connectivity index (χ4n) is 4.19. The van der Waals surface area contributed by atoms with Gasteiger partial charge in [0.15, 0.2) is 0 Å². The molecule has 2 amide bonds. The summed E-state index contributed by atoms with van der Waals surface area (Å²) in [5.74, 6) is 0.500. The number of hydrogen-bond donors (Lipinski definition) is 2. The van der Waals surface area contributed by atoms with E-state index in [-0.39, 0.29) is 17.9 Å². The minimum atomic E-state index is -0.821. The SMILES string of the molecule is Cc1cn2c(n1)[C@H](NC(=O)C1(NC(=O)c3ccccc3)CC1)CCc1ccccc1-2. The zero-order chi connectivity index (χ0) is 20.7. The largest absolute Gasteiger partial charge is 0.344 e. The van der Waals surface area contributed by atoms with Crippen molar-refractivity contribution in [1.29, 1.82) is 0 Å². The topological polar surface area (TPSA) is 76.0 Å². The normalized spacial score (nSPS) is 18.5. The van der Waals surface area contributed by atoms with E-state index < -0.39 is 5.54 Å². The van der Waals surface area contributed by atoms with E-state index in [1.807, 2.05) is 43.5 Å². The lowest BCUT2D eigenvalue weighted by atomic mass is 10.0. The van der Waals surface area contributed by atoms with E-state index in [1.54, 1.807) is 12.1 Å². The van der Waals surface area contributed by atoms with E-state index in [2.05, 4.69) is 27.3 Å². The molecule has 5 rings (SSSR count). The number of nitrogens with zero attached hydrogens (tertiary/aromatic N) is 2. The number of carbonyl (C=O) groups is 2. The van der Waals surface area contributed by atoms with Gasteiger partial charge in [0, 0.05) is 17.4 Å².